The van der Waals surface area contributed by atoms with Crippen LogP contribution in [0.3, 0.4) is 0 Å². The van der Waals surface area contributed by atoms with Crippen molar-refractivity contribution in [3.8, 4) is 5.69 Å². The molecule has 0 bridgehead atoms. The highest BCUT2D eigenvalue weighted by atomic mass is 16.2. The standard InChI is InChI=1S/C15H20N4O/c1-17(2)10-11-18(3)15(20)13-4-6-14(7-5-13)19-9-8-16-12-19/h4-9,12H,10-11H2,1-3H3. The molecule has 1 aromatic carbocycles. The lowest BCUT2D eigenvalue weighted by Crippen LogP contribution is -2.33. The summed E-state index contributed by atoms with van der Waals surface area (Å²) in [5, 5.41) is 0. The maximum absolute atomic E-state index is 12.2. The third-order valence-corrected chi connectivity index (χ3v) is 3.15. The highest BCUT2D eigenvalue weighted by Gasteiger charge is 2.11. The summed E-state index contributed by atoms with van der Waals surface area (Å²) in [4.78, 5) is 20.1. The molecular formula is C15H20N4O. The molecule has 0 aliphatic rings. The first kappa shape index (κ1) is 14.3. The average Bonchev–Trinajstić information content (AvgIpc) is 2.98. The van der Waals surface area contributed by atoms with Crippen LogP contribution in [0.5, 0.6) is 0 Å². The van der Waals surface area contributed by atoms with Crippen LogP contribution < -0.4 is 0 Å². The van der Waals surface area contributed by atoms with E-state index in [1.165, 1.54) is 0 Å². The predicted octanol–water partition coefficient (Wildman–Crippen LogP) is 1.51. The first-order valence-corrected chi connectivity index (χ1v) is 6.56. The Labute approximate surface area is 119 Å². The normalized spacial score (nSPS) is 10.8. The molecule has 1 amide bonds. The van der Waals surface area contributed by atoms with Crippen molar-refractivity contribution in [2.45, 2.75) is 0 Å². The predicted molar refractivity (Wildman–Crippen MR) is 79.1 cm³/mol. The van der Waals surface area contributed by atoms with Crippen LogP contribution in [0.1, 0.15) is 10.4 Å². The van der Waals surface area contributed by atoms with Gasteiger partial charge in [-0.15, -0.1) is 0 Å². The van der Waals surface area contributed by atoms with Crippen LogP contribution in [0.15, 0.2) is 43.0 Å². The molecule has 0 radical (unpaired) electrons. The van der Waals surface area contributed by atoms with Gasteiger partial charge in [-0.25, -0.2) is 4.98 Å². The van der Waals surface area contributed by atoms with E-state index in [1.807, 2.05) is 56.2 Å². The van der Waals surface area contributed by atoms with Gasteiger partial charge in [0.05, 0.1) is 6.33 Å². The van der Waals surface area contributed by atoms with Gasteiger partial charge in [-0.05, 0) is 38.4 Å². The zero-order chi connectivity index (χ0) is 14.5. The van der Waals surface area contributed by atoms with Gasteiger partial charge < -0.3 is 14.4 Å². The van der Waals surface area contributed by atoms with Crippen molar-refractivity contribution in [1.82, 2.24) is 19.4 Å². The van der Waals surface area contributed by atoms with E-state index in [9.17, 15) is 4.79 Å². The fraction of sp³-hybridized carbons (Fsp3) is 0.333. The van der Waals surface area contributed by atoms with Crippen molar-refractivity contribution in [2.75, 3.05) is 34.2 Å². The van der Waals surface area contributed by atoms with Crippen molar-refractivity contribution in [3.63, 3.8) is 0 Å². The van der Waals surface area contributed by atoms with E-state index in [4.69, 9.17) is 0 Å². The molecule has 0 atom stereocenters. The zero-order valence-electron chi connectivity index (χ0n) is 12.2. The van der Waals surface area contributed by atoms with E-state index in [-0.39, 0.29) is 5.91 Å². The SMILES string of the molecule is CN(C)CCN(C)C(=O)c1ccc(-n2ccnc2)cc1. The third-order valence-electron chi connectivity index (χ3n) is 3.15. The summed E-state index contributed by atoms with van der Waals surface area (Å²) in [5.74, 6) is 0.0454. The van der Waals surface area contributed by atoms with Gasteiger partial charge in [-0.1, -0.05) is 0 Å². The smallest absolute Gasteiger partial charge is 0.253 e. The van der Waals surface area contributed by atoms with Gasteiger partial charge >= 0.3 is 0 Å². The van der Waals surface area contributed by atoms with Crippen molar-refractivity contribution < 1.29 is 4.79 Å². The van der Waals surface area contributed by atoms with Gasteiger partial charge in [0.25, 0.3) is 5.91 Å². The maximum Gasteiger partial charge on any atom is 0.253 e. The van der Waals surface area contributed by atoms with Crippen LogP contribution >= 0.6 is 0 Å². The Bertz CT molecular complexity index is 546. The molecule has 0 spiro atoms. The molecule has 0 unspecified atom stereocenters. The van der Waals surface area contributed by atoms with Gasteiger partial charge in [0.15, 0.2) is 0 Å². The Morgan fingerprint density at radius 2 is 1.85 bits per heavy atom. The first-order valence-electron chi connectivity index (χ1n) is 6.56. The monoisotopic (exact) mass is 272 g/mol. The molecule has 0 saturated carbocycles. The second-order valence-corrected chi connectivity index (χ2v) is 5.05. The van der Waals surface area contributed by atoms with E-state index in [0.717, 1.165) is 18.8 Å². The fourth-order valence-electron chi connectivity index (χ4n) is 1.86. The van der Waals surface area contributed by atoms with Gasteiger partial charge in [0.2, 0.25) is 0 Å². The molecule has 20 heavy (non-hydrogen) atoms. The third kappa shape index (κ3) is 3.45. The molecule has 0 aliphatic heterocycles. The van der Waals surface area contributed by atoms with Gasteiger partial charge in [-0.3, -0.25) is 4.79 Å². The lowest BCUT2D eigenvalue weighted by molar-refractivity contribution is 0.0786. The van der Waals surface area contributed by atoms with Crippen molar-refractivity contribution in [2.24, 2.45) is 0 Å². The number of hydrogen-bond donors (Lipinski definition) is 0. The molecule has 1 heterocycles. The molecule has 0 fully saturated rings. The molecule has 2 aromatic rings. The summed E-state index contributed by atoms with van der Waals surface area (Å²) in [7, 11) is 5.83. The molecule has 2 rings (SSSR count). The number of hydrogen-bond acceptors (Lipinski definition) is 3. The number of carbonyl (C=O) groups excluding carboxylic acids is 1. The van der Waals surface area contributed by atoms with Gasteiger partial charge in [0, 0.05) is 43.8 Å². The minimum Gasteiger partial charge on any atom is -0.340 e. The topological polar surface area (TPSA) is 41.4 Å². The lowest BCUT2D eigenvalue weighted by Gasteiger charge is -2.19. The molecule has 5 heteroatoms. The maximum atomic E-state index is 12.2. The minimum absolute atomic E-state index is 0.0454. The zero-order valence-corrected chi connectivity index (χ0v) is 12.2. The molecule has 0 saturated heterocycles. The van der Waals surface area contributed by atoms with Gasteiger partial charge in [0.1, 0.15) is 0 Å². The minimum atomic E-state index is 0.0454. The Morgan fingerprint density at radius 1 is 1.15 bits per heavy atom. The Morgan fingerprint density at radius 3 is 2.40 bits per heavy atom. The quantitative estimate of drug-likeness (QED) is 0.828. The Balaban J connectivity index is 2.04. The summed E-state index contributed by atoms with van der Waals surface area (Å²) in [6, 6.07) is 7.55. The molecule has 0 aliphatic carbocycles. The number of amides is 1. The molecule has 0 N–H and O–H groups in total. The summed E-state index contributed by atoms with van der Waals surface area (Å²) >= 11 is 0. The number of nitrogens with zero attached hydrogens (tertiary/aromatic N) is 4. The Kier molecular flexibility index (Phi) is 4.53. The number of aromatic nitrogens is 2. The van der Waals surface area contributed by atoms with E-state index < -0.39 is 0 Å². The number of rotatable bonds is 5. The molecular weight excluding hydrogens is 252 g/mol. The van der Waals surface area contributed by atoms with Crippen LogP contribution in [-0.4, -0.2) is 59.5 Å². The van der Waals surface area contributed by atoms with Gasteiger partial charge in [-0.2, -0.15) is 0 Å². The largest absolute Gasteiger partial charge is 0.340 e. The second-order valence-electron chi connectivity index (χ2n) is 5.05. The number of likely N-dealkylation sites (N-methyl/N-ethyl adjacent to an activating group) is 2. The summed E-state index contributed by atoms with van der Waals surface area (Å²) in [5.41, 5.74) is 1.70. The summed E-state index contributed by atoms with van der Waals surface area (Å²) < 4.78 is 1.91. The average molecular weight is 272 g/mol. The lowest BCUT2D eigenvalue weighted by atomic mass is 10.2. The van der Waals surface area contributed by atoms with Crippen LogP contribution in [0.2, 0.25) is 0 Å². The number of imidazole rings is 1. The van der Waals surface area contributed by atoms with Crippen LogP contribution in [0.25, 0.3) is 5.69 Å². The summed E-state index contributed by atoms with van der Waals surface area (Å²) in [6.07, 6.45) is 5.34. The van der Waals surface area contributed by atoms with E-state index in [0.29, 0.717) is 5.56 Å². The van der Waals surface area contributed by atoms with Crippen LogP contribution in [-0.2, 0) is 0 Å². The van der Waals surface area contributed by atoms with Crippen LogP contribution in [0.4, 0.5) is 0 Å². The summed E-state index contributed by atoms with van der Waals surface area (Å²) in [6.45, 7) is 1.57. The number of carbonyl (C=O) groups is 1. The molecule has 5 nitrogen and oxygen atoms in total. The fourth-order valence-corrected chi connectivity index (χ4v) is 1.86. The highest BCUT2D eigenvalue weighted by Crippen LogP contribution is 2.10. The molecule has 1 aromatic heterocycles. The van der Waals surface area contributed by atoms with E-state index in [2.05, 4.69) is 9.88 Å². The van der Waals surface area contributed by atoms with Crippen molar-refractivity contribution in [3.05, 3.63) is 48.5 Å². The second kappa shape index (κ2) is 6.34. The van der Waals surface area contributed by atoms with Crippen LogP contribution in [0, 0.1) is 0 Å². The Hall–Kier alpha value is -2.14. The van der Waals surface area contributed by atoms with Crippen molar-refractivity contribution >= 4 is 5.91 Å². The highest BCUT2D eigenvalue weighted by molar-refractivity contribution is 5.94. The molecule has 106 valence electrons. The van der Waals surface area contributed by atoms with E-state index in [1.54, 1.807) is 17.4 Å². The van der Waals surface area contributed by atoms with Crippen molar-refractivity contribution in [1.29, 1.82) is 0 Å². The number of benzene rings is 1. The first-order chi connectivity index (χ1) is 9.58. The van der Waals surface area contributed by atoms with E-state index >= 15 is 0 Å².